The smallest absolute Gasteiger partial charge is 0.459 e. The van der Waals surface area contributed by atoms with Gasteiger partial charge in [0.2, 0.25) is 10.0 Å². The molecule has 198 valence electrons. The van der Waals surface area contributed by atoms with Crippen molar-refractivity contribution in [2.75, 3.05) is 33.2 Å². The van der Waals surface area contributed by atoms with Crippen molar-refractivity contribution < 1.29 is 32.4 Å². The molecule has 0 radical (unpaired) electrons. The van der Waals surface area contributed by atoms with E-state index in [0.717, 1.165) is 5.56 Å². The molecule has 0 aliphatic carbocycles. The zero-order valence-electron chi connectivity index (χ0n) is 21.2. The summed E-state index contributed by atoms with van der Waals surface area (Å²) in [7, 11) is -2.69. The number of nitrogens with one attached hydrogen (secondary N) is 1. The number of hydrogen-bond acceptors (Lipinski definition) is 8. The van der Waals surface area contributed by atoms with E-state index in [4.69, 9.17) is 9.39 Å². The Balaban J connectivity index is 1.35. The van der Waals surface area contributed by atoms with Crippen LogP contribution in [-0.2, 0) is 37.4 Å². The van der Waals surface area contributed by atoms with Crippen molar-refractivity contribution in [3.63, 3.8) is 0 Å². The molecule has 1 fully saturated rings. The van der Waals surface area contributed by atoms with Gasteiger partial charge in [0.1, 0.15) is 12.6 Å². The fourth-order valence-corrected chi connectivity index (χ4v) is 5.68. The Bertz CT molecular complexity index is 1250. The summed E-state index contributed by atoms with van der Waals surface area (Å²) in [5, 5.41) is 12.6. The molecule has 1 saturated heterocycles. The van der Waals surface area contributed by atoms with E-state index in [-0.39, 0.29) is 24.0 Å². The number of likely N-dealkylation sites (N-methyl/N-ethyl adjacent to an activating group) is 1. The van der Waals surface area contributed by atoms with E-state index in [1.165, 1.54) is 16.4 Å². The third-order valence-corrected chi connectivity index (χ3v) is 8.60. The van der Waals surface area contributed by atoms with Crippen molar-refractivity contribution in [3.8, 4) is 0 Å². The molecule has 2 heterocycles. The number of carbonyl (C=O) groups is 2. The Hall–Kier alpha value is -2.77. The van der Waals surface area contributed by atoms with Gasteiger partial charge in [-0.3, -0.25) is 4.79 Å². The molecule has 1 atom stereocenters. The Morgan fingerprint density at radius 2 is 1.78 bits per heavy atom. The molecular weight excluding hydrogens is 497 g/mol. The van der Waals surface area contributed by atoms with Gasteiger partial charge in [0.05, 0.1) is 11.5 Å². The van der Waals surface area contributed by atoms with Gasteiger partial charge in [0.25, 0.3) is 5.91 Å². The number of piperazine rings is 1. The molecule has 1 amide bonds. The van der Waals surface area contributed by atoms with Crippen molar-refractivity contribution in [2.24, 2.45) is 5.92 Å². The first-order valence-corrected chi connectivity index (χ1v) is 13.7. The summed E-state index contributed by atoms with van der Waals surface area (Å²) in [6.45, 7) is 6.07. The number of hydrogen-bond donors (Lipinski definition) is 2. The van der Waals surface area contributed by atoms with Crippen LogP contribution in [0.5, 0.6) is 0 Å². The predicted molar refractivity (Wildman–Crippen MR) is 137 cm³/mol. The van der Waals surface area contributed by atoms with Crippen molar-refractivity contribution >= 4 is 34.5 Å². The maximum atomic E-state index is 12.9. The van der Waals surface area contributed by atoms with Gasteiger partial charge >= 0.3 is 13.1 Å². The third kappa shape index (κ3) is 6.21. The number of amides is 1. The molecule has 0 saturated carbocycles. The van der Waals surface area contributed by atoms with Gasteiger partial charge in [-0.15, -0.1) is 0 Å². The lowest BCUT2D eigenvalue weighted by molar-refractivity contribution is -0.148. The molecule has 4 rings (SSSR count). The van der Waals surface area contributed by atoms with Crippen molar-refractivity contribution in [1.29, 1.82) is 0 Å². The fraction of sp³-hybridized carbons (Fsp3) is 0.440. The molecule has 0 bridgehead atoms. The molecule has 2 aromatic carbocycles. The van der Waals surface area contributed by atoms with Gasteiger partial charge in [-0.25, -0.2) is 13.2 Å². The van der Waals surface area contributed by atoms with E-state index in [0.29, 0.717) is 42.8 Å². The van der Waals surface area contributed by atoms with E-state index in [1.807, 2.05) is 7.05 Å². The van der Waals surface area contributed by atoms with Gasteiger partial charge < -0.3 is 24.6 Å². The van der Waals surface area contributed by atoms with Crippen LogP contribution in [0.4, 0.5) is 0 Å². The lowest BCUT2D eigenvalue weighted by atomic mass is 9.78. The molecule has 10 nitrogen and oxygen atoms in total. The first-order chi connectivity index (χ1) is 17.6. The Labute approximate surface area is 217 Å². The summed E-state index contributed by atoms with van der Waals surface area (Å²) in [5.41, 5.74) is 2.28. The number of carbonyl (C=O) groups excluding carboxylic acids is 2. The highest BCUT2D eigenvalue weighted by molar-refractivity contribution is 7.89. The van der Waals surface area contributed by atoms with Gasteiger partial charge in [0, 0.05) is 31.7 Å². The molecule has 2 aliphatic heterocycles. The fourth-order valence-electron chi connectivity index (χ4n) is 4.26. The second-order valence-corrected chi connectivity index (χ2v) is 11.7. The highest BCUT2D eigenvalue weighted by Gasteiger charge is 2.31. The van der Waals surface area contributed by atoms with Gasteiger partial charge in [-0.2, -0.15) is 4.31 Å². The van der Waals surface area contributed by atoms with Gasteiger partial charge in [-0.1, -0.05) is 32.0 Å². The minimum atomic E-state index is -3.58. The minimum Gasteiger partial charge on any atom is -0.459 e. The van der Waals surface area contributed by atoms with E-state index >= 15 is 0 Å². The average Bonchev–Trinajstić information content (AvgIpc) is 3.26. The first-order valence-electron chi connectivity index (χ1n) is 12.2. The topological polar surface area (TPSA) is 125 Å². The third-order valence-electron chi connectivity index (χ3n) is 6.68. The zero-order valence-corrected chi connectivity index (χ0v) is 22.0. The minimum absolute atomic E-state index is 0.0604. The maximum Gasteiger partial charge on any atom is 0.491 e. The number of nitrogens with zero attached hydrogens (tertiary/aromatic N) is 2. The Morgan fingerprint density at radius 1 is 1.11 bits per heavy atom. The lowest BCUT2D eigenvalue weighted by Crippen LogP contribution is -2.47. The van der Waals surface area contributed by atoms with E-state index in [9.17, 15) is 23.0 Å². The number of fused-ring (bicyclic) bond motifs is 1. The van der Waals surface area contributed by atoms with Crippen molar-refractivity contribution in [2.45, 2.75) is 38.0 Å². The standard InChI is InChI=1S/C25H32BN3O7S/c1-17(2)23(27-24(30)19-6-7-20-16-36-26(32)22(20)14-19)25(31)35-15-18-4-8-21(9-5-18)37(33,34)29-12-10-28(3)11-13-29/h4-9,14,17,23,32H,10-13,15-16H2,1-3H3,(H,27,30)/t23-/m0/s1. The molecule has 0 aromatic heterocycles. The SMILES string of the molecule is CC(C)[C@H](NC(=O)c1ccc2c(c1)B(O)OC2)C(=O)OCc1ccc(S(=O)(=O)N2CCN(C)CC2)cc1. The summed E-state index contributed by atoms with van der Waals surface area (Å²) >= 11 is 0. The second kappa shape index (κ2) is 11.3. The van der Waals surface area contributed by atoms with Gasteiger partial charge in [0.15, 0.2) is 0 Å². The molecule has 12 heteroatoms. The van der Waals surface area contributed by atoms with Crippen LogP contribution in [0.3, 0.4) is 0 Å². The number of benzene rings is 2. The molecular formula is C25H32BN3O7S. The van der Waals surface area contributed by atoms with E-state index in [1.54, 1.807) is 44.2 Å². The second-order valence-electron chi connectivity index (χ2n) is 9.73. The summed E-state index contributed by atoms with van der Waals surface area (Å²) < 4.78 is 37.9. The number of esters is 1. The van der Waals surface area contributed by atoms with Crippen LogP contribution in [0, 0.1) is 5.92 Å². The molecule has 2 aromatic rings. The lowest BCUT2D eigenvalue weighted by Gasteiger charge is -2.31. The van der Waals surface area contributed by atoms with Crippen LogP contribution >= 0.6 is 0 Å². The summed E-state index contributed by atoms with van der Waals surface area (Å²) in [4.78, 5) is 27.9. The highest BCUT2D eigenvalue weighted by atomic mass is 32.2. The Morgan fingerprint density at radius 3 is 2.43 bits per heavy atom. The van der Waals surface area contributed by atoms with Crippen molar-refractivity contribution in [1.82, 2.24) is 14.5 Å². The molecule has 0 unspecified atom stereocenters. The molecule has 2 N–H and O–H groups in total. The van der Waals surface area contributed by atoms with Gasteiger partial charge in [-0.05, 0) is 53.8 Å². The van der Waals surface area contributed by atoms with Crippen LogP contribution in [0.15, 0.2) is 47.4 Å². The number of ether oxygens (including phenoxy) is 1. The first kappa shape index (κ1) is 27.3. The molecule has 37 heavy (non-hydrogen) atoms. The molecule has 2 aliphatic rings. The Kier molecular flexibility index (Phi) is 8.34. The number of rotatable bonds is 8. The zero-order chi connectivity index (χ0) is 26.7. The maximum absolute atomic E-state index is 12.9. The molecule has 0 spiro atoms. The van der Waals surface area contributed by atoms with E-state index in [2.05, 4.69) is 10.2 Å². The summed E-state index contributed by atoms with van der Waals surface area (Å²) in [6, 6.07) is 10.3. The monoisotopic (exact) mass is 529 g/mol. The summed E-state index contributed by atoms with van der Waals surface area (Å²) in [6.07, 6.45) is 0. The quantitative estimate of drug-likeness (QED) is 0.371. The van der Waals surface area contributed by atoms with Crippen LogP contribution in [0.1, 0.15) is 35.3 Å². The van der Waals surface area contributed by atoms with Crippen LogP contribution in [0.25, 0.3) is 0 Å². The number of sulfonamides is 1. The van der Waals surface area contributed by atoms with Crippen molar-refractivity contribution in [3.05, 3.63) is 59.2 Å². The predicted octanol–water partition coefficient (Wildman–Crippen LogP) is 0.338. The van der Waals surface area contributed by atoms with Crippen LogP contribution in [-0.4, -0.2) is 80.9 Å². The van der Waals surface area contributed by atoms with Crippen LogP contribution in [0.2, 0.25) is 0 Å². The van der Waals surface area contributed by atoms with Crippen LogP contribution < -0.4 is 10.8 Å². The normalized spacial score (nSPS) is 17.5. The highest BCUT2D eigenvalue weighted by Crippen LogP contribution is 2.19. The van der Waals surface area contributed by atoms with E-state index < -0.39 is 35.1 Å². The summed E-state index contributed by atoms with van der Waals surface area (Å²) in [5.74, 6) is -1.30. The largest absolute Gasteiger partial charge is 0.491 e. The average molecular weight is 529 g/mol.